The summed E-state index contributed by atoms with van der Waals surface area (Å²) < 4.78 is 5.55. The molecule has 4 heteroatoms. The van der Waals surface area contributed by atoms with Gasteiger partial charge in [0.05, 0.1) is 12.7 Å². The van der Waals surface area contributed by atoms with Gasteiger partial charge < -0.3 is 14.7 Å². The highest BCUT2D eigenvalue weighted by Crippen LogP contribution is 2.30. The fourth-order valence-electron chi connectivity index (χ4n) is 4.27. The van der Waals surface area contributed by atoms with Gasteiger partial charge in [0.2, 0.25) is 5.91 Å². The Kier molecular flexibility index (Phi) is 5.57. The van der Waals surface area contributed by atoms with Crippen molar-refractivity contribution < 1.29 is 14.6 Å². The summed E-state index contributed by atoms with van der Waals surface area (Å²) in [4.78, 5) is 14.8. The van der Waals surface area contributed by atoms with E-state index in [-0.39, 0.29) is 24.0 Å². The van der Waals surface area contributed by atoms with E-state index in [1.165, 1.54) is 16.7 Å². The normalized spacial score (nSPS) is 27.5. The summed E-state index contributed by atoms with van der Waals surface area (Å²) in [6.45, 7) is 6.22. The number of ether oxygens (including phenoxy) is 1. The predicted octanol–water partition coefficient (Wildman–Crippen LogP) is 2.62. The molecule has 1 amide bonds. The van der Waals surface area contributed by atoms with Crippen LogP contribution in [0.2, 0.25) is 0 Å². The molecule has 1 N–H and O–H groups in total. The highest BCUT2D eigenvalue weighted by Gasteiger charge is 2.39. The quantitative estimate of drug-likeness (QED) is 0.923. The summed E-state index contributed by atoms with van der Waals surface area (Å²) >= 11 is 0. The van der Waals surface area contributed by atoms with Crippen molar-refractivity contribution in [1.29, 1.82) is 0 Å². The van der Waals surface area contributed by atoms with E-state index < -0.39 is 0 Å². The zero-order valence-electron chi connectivity index (χ0n) is 14.8. The minimum atomic E-state index is -0.337. The van der Waals surface area contributed by atoms with Crippen molar-refractivity contribution in [3.05, 3.63) is 34.9 Å². The van der Waals surface area contributed by atoms with E-state index in [1.807, 2.05) is 4.90 Å². The van der Waals surface area contributed by atoms with Crippen molar-refractivity contribution >= 4 is 5.91 Å². The van der Waals surface area contributed by atoms with Crippen LogP contribution in [-0.2, 0) is 16.0 Å². The number of nitrogens with zero attached hydrogens (tertiary/aromatic N) is 1. The molecule has 2 heterocycles. The van der Waals surface area contributed by atoms with E-state index in [4.69, 9.17) is 4.74 Å². The van der Waals surface area contributed by atoms with Crippen molar-refractivity contribution in [2.75, 3.05) is 19.8 Å². The fraction of sp³-hybridized carbons (Fsp3) is 0.650. The molecule has 3 atom stereocenters. The number of aryl methyl sites for hydroxylation is 3. The molecule has 1 aromatic carbocycles. The molecule has 3 rings (SSSR count). The van der Waals surface area contributed by atoms with Crippen LogP contribution in [0.25, 0.3) is 0 Å². The lowest BCUT2D eigenvalue weighted by Gasteiger charge is -2.37. The second-order valence-electron chi connectivity index (χ2n) is 7.39. The largest absolute Gasteiger partial charge is 0.393 e. The number of rotatable bonds is 4. The van der Waals surface area contributed by atoms with Crippen LogP contribution >= 0.6 is 0 Å². The number of carbonyl (C=O) groups is 1. The topological polar surface area (TPSA) is 49.8 Å². The van der Waals surface area contributed by atoms with Gasteiger partial charge in [-0.1, -0.05) is 29.3 Å². The highest BCUT2D eigenvalue weighted by atomic mass is 16.5. The number of aliphatic hydroxyl groups is 1. The van der Waals surface area contributed by atoms with Crippen LogP contribution in [0.15, 0.2) is 18.2 Å². The first-order valence-corrected chi connectivity index (χ1v) is 9.17. The second-order valence-corrected chi connectivity index (χ2v) is 7.39. The number of carbonyl (C=O) groups excluding carboxylic acids is 1. The molecule has 0 aliphatic carbocycles. The highest BCUT2D eigenvalue weighted by molar-refractivity contribution is 5.77. The van der Waals surface area contributed by atoms with Gasteiger partial charge in [0.15, 0.2) is 0 Å². The molecule has 0 radical (unpaired) electrons. The van der Waals surface area contributed by atoms with Gasteiger partial charge in [0.25, 0.3) is 0 Å². The lowest BCUT2D eigenvalue weighted by atomic mass is 9.89. The minimum absolute atomic E-state index is 0.0754. The van der Waals surface area contributed by atoms with Crippen molar-refractivity contribution in [1.82, 2.24) is 4.90 Å². The van der Waals surface area contributed by atoms with E-state index in [0.717, 1.165) is 25.8 Å². The maximum atomic E-state index is 12.8. The van der Waals surface area contributed by atoms with Gasteiger partial charge >= 0.3 is 0 Å². The summed E-state index contributed by atoms with van der Waals surface area (Å²) in [7, 11) is 0. The van der Waals surface area contributed by atoms with Gasteiger partial charge in [-0.25, -0.2) is 0 Å². The average molecular weight is 331 g/mol. The van der Waals surface area contributed by atoms with Gasteiger partial charge in [-0.3, -0.25) is 4.79 Å². The Morgan fingerprint density at radius 2 is 2.00 bits per heavy atom. The minimum Gasteiger partial charge on any atom is -0.393 e. The predicted molar refractivity (Wildman–Crippen MR) is 93.9 cm³/mol. The third-order valence-corrected chi connectivity index (χ3v) is 5.39. The molecule has 24 heavy (non-hydrogen) atoms. The smallest absolute Gasteiger partial charge is 0.223 e. The lowest BCUT2D eigenvalue weighted by molar-refractivity contribution is -0.136. The molecule has 0 bridgehead atoms. The zero-order valence-corrected chi connectivity index (χ0v) is 14.8. The Labute approximate surface area is 144 Å². The molecular formula is C20H29NO3. The number of amides is 1. The van der Waals surface area contributed by atoms with Crippen molar-refractivity contribution in [2.45, 2.75) is 58.1 Å². The number of hydrogen-bond donors (Lipinski definition) is 1. The Hall–Kier alpha value is -1.39. The maximum Gasteiger partial charge on any atom is 0.223 e. The summed E-state index contributed by atoms with van der Waals surface area (Å²) in [6.07, 6.45) is 3.70. The van der Waals surface area contributed by atoms with E-state index in [1.54, 1.807) is 0 Å². The molecule has 0 unspecified atom stereocenters. The zero-order chi connectivity index (χ0) is 17.1. The van der Waals surface area contributed by atoms with Gasteiger partial charge in [-0.2, -0.15) is 0 Å². The van der Waals surface area contributed by atoms with Crippen molar-refractivity contribution in [3.8, 4) is 0 Å². The molecule has 1 aromatic rings. The Morgan fingerprint density at radius 3 is 2.71 bits per heavy atom. The molecule has 2 aliphatic heterocycles. The number of aliphatic hydroxyl groups excluding tert-OH is 1. The van der Waals surface area contributed by atoms with E-state index in [9.17, 15) is 9.90 Å². The van der Waals surface area contributed by atoms with Gasteiger partial charge in [0, 0.05) is 31.5 Å². The van der Waals surface area contributed by atoms with Gasteiger partial charge in [-0.05, 0) is 45.1 Å². The van der Waals surface area contributed by atoms with Crippen LogP contribution < -0.4 is 0 Å². The Balaban J connectivity index is 1.61. The molecule has 2 aliphatic rings. The van der Waals surface area contributed by atoms with Gasteiger partial charge in [-0.15, -0.1) is 0 Å². The Morgan fingerprint density at radius 1 is 1.25 bits per heavy atom. The summed E-state index contributed by atoms with van der Waals surface area (Å²) in [5.41, 5.74) is 3.73. The maximum absolute atomic E-state index is 12.8. The number of likely N-dealkylation sites (tertiary alicyclic amines) is 1. The van der Waals surface area contributed by atoms with Crippen LogP contribution in [0.3, 0.4) is 0 Å². The van der Waals surface area contributed by atoms with Crippen LogP contribution in [0.5, 0.6) is 0 Å². The first kappa shape index (κ1) is 17.4. The Bertz CT molecular complexity index is 566. The number of benzene rings is 1. The fourth-order valence-corrected chi connectivity index (χ4v) is 4.27. The lowest BCUT2D eigenvalue weighted by Crippen LogP contribution is -2.48. The van der Waals surface area contributed by atoms with E-state index in [2.05, 4.69) is 32.0 Å². The standard InChI is InChI=1S/C20H29NO3/c1-14-10-15(2)12-16(11-14)5-6-20(23)21-8-3-4-18(21)17-13-24-9-7-19(17)22/h10-12,17-19,22H,3-9,13H2,1-2H3/t17-,18-,19+/m1/s1. The third-order valence-electron chi connectivity index (χ3n) is 5.39. The number of hydrogen-bond acceptors (Lipinski definition) is 3. The molecular weight excluding hydrogens is 302 g/mol. The van der Waals surface area contributed by atoms with Crippen LogP contribution in [0.4, 0.5) is 0 Å². The molecule has 0 aromatic heterocycles. The second kappa shape index (κ2) is 7.66. The van der Waals surface area contributed by atoms with Crippen LogP contribution in [-0.4, -0.2) is 47.8 Å². The summed E-state index contributed by atoms with van der Waals surface area (Å²) in [5, 5.41) is 10.3. The molecule has 2 fully saturated rings. The van der Waals surface area contributed by atoms with Gasteiger partial charge in [0.1, 0.15) is 0 Å². The van der Waals surface area contributed by atoms with E-state index >= 15 is 0 Å². The van der Waals surface area contributed by atoms with E-state index in [0.29, 0.717) is 26.1 Å². The monoisotopic (exact) mass is 331 g/mol. The van der Waals surface area contributed by atoms with Crippen LogP contribution in [0, 0.1) is 19.8 Å². The molecule has 0 saturated carbocycles. The molecule has 4 nitrogen and oxygen atoms in total. The first-order valence-electron chi connectivity index (χ1n) is 9.17. The molecule has 132 valence electrons. The average Bonchev–Trinajstić information content (AvgIpc) is 3.01. The summed E-state index contributed by atoms with van der Waals surface area (Å²) in [5.74, 6) is 0.292. The SMILES string of the molecule is Cc1cc(C)cc(CCC(=O)N2CCC[C@@H]2[C@H]2COCC[C@@H]2O)c1. The summed E-state index contributed by atoms with van der Waals surface area (Å²) in [6, 6.07) is 6.64. The van der Waals surface area contributed by atoms with Crippen molar-refractivity contribution in [2.24, 2.45) is 5.92 Å². The van der Waals surface area contributed by atoms with Crippen LogP contribution in [0.1, 0.15) is 42.4 Å². The third kappa shape index (κ3) is 3.98. The van der Waals surface area contributed by atoms with Crippen molar-refractivity contribution in [3.63, 3.8) is 0 Å². The molecule has 2 saturated heterocycles. The molecule has 0 spiro atoms. The first-order chi connectivity index (χ1) is 11.5.